The second-order valence-corrected chi connectivity index (χ2v) is 5.80. The van der Waals surface area contributed by atoms with E-state index in [0.29, 0.717) is 24.0 Å². The van der Waals surface area contributed by atoms with Gasteiger partial charge in [-0.3, -0.25) is 15.6 Å². The first kappa shape index (κ1) is 19.0. The van der Waals surface area contributed by atoms with E-state index in [4.69, 9.17) is 33.7 Å². The number of carbonyl (C=O) groups excluding carboxylic acids is 1. The minimum atomic E-state index is -0.450. The van der Waals surface area contributed by atoms with Crippen LogP contribution >= 0.6 is 23.2 Å². The van der Waals surface area contributed by atoms with Crippen molar-refractivity contribution < 1.29 is 9.53 Å². The van der Waals surface area contributed by atoms with Gasteiger partial charge in [0.2, 0.25) is 0 Å². The van der Waals surface area contributed by atoms with E-state index in [2.05, 4.69) is 26.1 Å². The fourth-order valence-electron chi connectivity index (χ4n) is 1.92. The maximum atomic E-state index is 12.2. The molecule has 0 radical (unpaired) electrons. The summed E-state index contributed by atoms with van der Waals surface area (Å²) in [7, 11) is 1.64. The van der Waals surface area contributed by atoms with Crippen molar-refractivity contribution in [2.24, 2.45) is 0 Å². The number of halogens is 2. The third-order valence-electron chi connectivity index (χ3n) is 3.17. The summed E-state index contributed by atoms with van der Waals surface area (Å²) in [6.45, 7) is 1.27. The number of hydrogen-bond acceptors (Lipinski definition) is 7. The van der Waals surface area contributed by atoms with Crippen LogP contribution in [0.4, 0.5) is 17.3 Å². The molecule has 0 atom stereocenters. The van der Waals surface area contributed by atoms with Gasteiger partial charge in [0.15, 0.2) is 11.6 Å². The van der Waals surface area contributed by atoms with Gasteiger partial charge in [-0.05, 0) is 24.6 Å². The Bertz CT molecular complexity index is 744. The van der Waals surface area contributed by atoms with E-state index >= 15 is 0 Å². The number of ether oxygens (including phenoxy) is 1. The van der Waals surface area contributed by atoms with Crippen LogP contribution in [0.25, 0.3) is 0 Å². The predicted molar refractivity (Wildman–Crippen MR) is 99.0 cm³/mol. The first-order valence-corrected chi connectivity index (χ1v) is 8.13. The molecule has 2 aromatic rings. The molecule has 1 heterocycles. The Morgan fingerprint density at radius 3 is 2.76 bits per heavy atom. The zero-order valence-electron chi connectivity index (χ0n) is 13.5. The summed E-state index contributed by atoms with van der Waals surface area (Å²) in [6.07, 6.45) is 2.13. The number of hydrogen-bond donors (Lipinski definition) is 4. The topological polar surface area (TPSA) is 114 Å². The van der Waals surface area contributed by atoms with Gasteiger partial charge >= 0.3 is 0 Å². The molecular formula is C15H18Cl2N6O2. The fourth-order valence-corrected chi connectivity index (χ4v) is 2.41. The summed E-state index contributed by atoms with van der Waals surface area (Å²) in [4.78, 5) is 20.2. The molecule has 0 spiro atoms. The lowest BCUT2D eigenvalue weighted by molar-refractivity contribution is 0.0962. The molecule has 1 amide bonds. The van der Waals surface area contributed by atoms with E-state index in [-0.39, 0.29) is 22.1 Å². The molecule has 0 saturated heterocycles. The molecule has 10 heteroatoms. The summed E-state index contributed by atoms with van der Waals surface area (Å²) in [5, 5.41) is 3.76. The molecule has 0 saturated carbocycles. The van der Waals surface area contributed by atoms with Crippen molar-refractivity contribution in [1.82, 2.24) is 15.4 Å². The highest BCUT2D eigenvalue weighted by atomic mass is 35.5. The van der Waals surface area contributed by atoms with Crippen LogP contribution in [0, 0.1) is 0 Å². The first-order valence-electron chi connectivity index (χ1n) is 7.37. The van der Waals surface area contributed by atoms with Crippen LogP contribution in [0.15, 0.2) is 24.5 Å². The van der Waals surface area contributed by atoms with E-state index < -0.39 is 5.91 Å². The molecular weight excluding hydrogens is 367 g/mol. The van der Waals surface area contributed by atoms with E-state index in [1.54, 1.807) is 13.2 Å². The molecule has 0 unspecified atom stereocenters. The molecule has 25 heavy (non-hydrogen) atoms. The highest BCUT2D eigenvalue weighted by Gasteiger charge is 2.12. The summed E-state index contributed by atoms with van der Waals surface area (Å²) >= 11 is 11.8. The smallest absolute Gasteiger partial charge is 0.271 e. The van der Waals surface area contributed by atoms with E-state index in [9.17, 15) is 4.79 Å². The van der Waals surface area contributed by atoms with Crippen molar-refractivity contribution in [1.29, 1.82) is 0 Å². The molecule has 0 aliphatic heterocycles. The number of nitrogens with one attached hydrogen (secondary N) is 3. The number of nitrogens with zero attached hydrogens (tertiary/aromatic N) is 2. The lowest BCUT2D eigenvalue weighted by Gasteiger charge is -2.13. The number of nitrogen functional groups attached to an aromatic ring is 1. The number of rotatable bonds is 8. The first-order chi connectivity index (χ1) is 12.0. The van der Waals surface area contributed by atoms with Crippen LogP contribution < -0.4 is 21.9 Å². The van der Waals surface area contributed by atoms with Gasteiger partial charge in [0.1, 0.15) is 12.0 Å². The number of nitrogens with two attached hydrogens (primary N) is 1. The number of aromatic nitrogens is 2. The number of benzene rings is 1. The molecule has 134 valence electrons. The third-order valence-corrected chi connectivity index (χ3v) is 3.72. The number of carbonyl (C=O) groups is 1. The van der Waals surface area contributed by atoms with Crippen LogP contribution in [-0.2, 0) is 4.74 Å². The minimum absolute atomic E-state index is 0.239. The lowest BCUT2D eigenvalue weighted by atomic mass is 10.2. The SMILES string of the molecule is COCCCNc1ncnc(NNC(=O)c2ccc(Cl)cc2Cl)c1N. The molecule has 0 aliphatic carbocycles. The van der Waals surface area contributed by atoms with E-state index in [0.717, 1.165) is 6.42 Å². The van der Waals surface area contributed by atoms with Crippen LogP contribution in [0.1, 0.15) is 16.8 Å². The molecule has 2 rings (SSSR count). The summed E-state index contributed by atoms with van der Waals surface area (Å²) in [5.41, 5.74) is 11.7. The number of anilines is 3. The molecule has 0 aliphatic rings. The minimum Gasteiger partial charge on any atom is -0.393 e. The van der Waals surface area contributed by atoms with E-state index in [1.165, 1.54) is 18.5 Å². The van der Waals surface area contributed by atoms with Crippen LogP contribution in [0.2, 0.25) is 10.0 Å². The summed E-state index contributed by atoms with van der Waals surface area (Å²) in [5.74, 6) is 0.282. The van der Waals surface area contributed by atoms with Gasteiger partial charge in [-0.15, -0.1) is 0 Å². The van der Waals surface area contributed by atoms with Crippen LogP contribution in [0.3, 0.4) is 0 Å². The summed E-state index contributed by atoms with van der Waals surface area (Å²) in [6, 6.07) is 4.58. The summed E-state index contributed by atoms with van der Waals surface area (Å²) < 4.78 is 4.97. The standard InChI is InChI=1S/C15H18Cl2N6O2/c1-25-6-2-5-19-13-12(18)14(21-8-20-13)22-23-15(24)10-4-3-9(16)7-11(10)17/h3-4,7-8H,2,5-6,18H2,1H3,(H,23,24)(H2,19,20,21,22). The zero-order chi connectivity index (χ0) is 18.2. The van der Waals surface area contributed by atoms with E-state index in [1.807, 2.05) is 0 Å². The van der Waals surface area contributed by atoms with Crippen molar-refractivity contribution in [2.45, 2.75) is 6.42 Å². The van der Waals surface area contributed by atoms with Crippen LogP contribution in [0.5, 0.6) is 0 Å². The molecule has 5 N–H and O–H groups in total. The highest BCUT2D eigenvalue weighted by molar-refractivity contribution is 6.36. The van der Waals surface area contributed by atoms with Crippen molar-refractivity contribution in [3.8, 4) is 0 Å². The zero-order valence-corrected chi connectivity index (χ0v) is 15.0. The van der Waals surface area contributed by atoms with Gasteiger partial charge < -0.3 is 15.8 Å². The molecule has 1 aromatic carbocycles. The molecule has 1 aromatic heterocycles. The normalized spacial score (nSPS) is 10.4. The van der Waals surface area contributed by atoms with Crippen molar-refractivity contribution in [3.05, 3.63) is 40.1 Å². The fraction of sp³-hybridized carbons (Fsp3) is 0.267. The average Bonchev–Trinajstić information content (AvgIpc) is 2.58. The lowest BCUT2D eigenvalue weighted by Crippen LogP contribution is -2.30. The Morgan fingerprint density at radius 1 is 1.28 bits per heavy atom. The average molecular weight is 385 g/mol. The number of amides is 1. The Kier molecular flexibility index (Phi) is 7.05. The van der Waals surface area contributed by atoms with Gasteiger partial charge in [-0.1, -0.05) is 23.2 Å². The second kappa shape index (κ2) is 9.26. The monoisotopic (exact) mass is 384 g/mol. The Labute approximate surface area is 155 Å². The number of hydrazine groups is 1. The Hall–Kier alpha value is -2.29. The number of methoxy groups -OCH3 is 1. The Morgan fingerprint density at radius 2 is 2.04 bits per heavy atom. The molecule has 0 bridgehead atoms. The quantitative estimate of drug-likeness (QED) is 0.408. The molecule has 0 fully saturated rings. The van der Waals surface area contributed by atoms with Gasteiger partial charge in [0.05, 0.1) is 10.6 Å². The van der Waals surface area contributed by atoms with Crippen molar-refractivity contribution in [2.75, 3.05) is 36.7 Å². The highest BCUT2D eigenvalue weighted by Crippen LogP contribution is 2.23. The van der Waals surface area contributed by atoms with Gasteiger partial charge in [0.25, 0.3) is 5.91 Å². The maximum absolute atomic E-state index is 12.2. The second-order valence-electron chi connectivity index (χ2n) is 4.96. The molecule has 8 nitrogen and oxygen atoms in total. The third kappa shape index (κ3) is 5.35. The largest absolute Gasteiger partial charge is 0.393 e. The van der Waals surface area contributed by atoms with Gasteiger partial charge in [-0.2, -0.15) is 0 Å². The van der Waals surface area contributed by atoms with Crippen LogP contribution in [-0.4, -0.2) is 36.1 Å². The predicted octanol–water partition coefficient (Wildman–Crippen LogP) is 2.57. The Balaban J connectivity index is 1.99. The van der Waals surface area contributed by atoms with Gasteiger partial charge in [-0.25, -0.2) is 9.97 Å². The van der Waals surface area contributed by atoms with Crippen molar-refractivity contribution >= 4 is 46.4 Å². The maximum Gasteiger partial charge on any atom is 0.271 e. The van der Waals surface area contributed by atoms with Gasteiger partial charge in [0, 0.05) is 25.3 Å². The van der Waals surface area contributed by atoms with Crippen molar-refractivity contribution in [3.63, 3.8) is 0 Å².